The number of amides is 2. The Morgan fingerprint density at radius 3 is 2.68 bits per heavy atom. The minimum absolute atomic E-state index is 0.145. The van der Waals surface area contributed by atoms with E-state index in [1.54, 1.807) is 25.1 Å². The zero-order valence-electron chi connectivity index (χ0n) is 17.5. The standard InChI is InChI=1S/C23H25N3O5/c1-3-29-22(27)20-17(12-24-11-15-6-4-14(2)5-7-15)25-23(28)26-21(20)16-8-9-18-19(10-16)31-13-30-18/h4-10,21,24H,3,11-13H2,1-2H3,(H2,25,26,28)/t21-/m0/s1. The van der Waals surface area contributed by atoms with Gasteiger partial charge in [0, 0.05) is 18.8 Å². The Bertz CT molecular complexity index is 1020. The third-order valence-electron chi connectivity index (χ3n) is 5.13. The van der Waals surface area contributed by atoms with E-state index in [4.69, 9.17) is 14.2 Å². The van der Waals surface area contributed by atoms with Gasteiger partial charge in [0.15, 0.2) is 11.5 Å². The van der Waals surface area contributed by atoms with E-state index in [-0.39, 0.29) is 19.4 Å². The smallest absolute Gasteiger partial charge is 0.338 e. The maximum Gasteiger partial charge on any atom is 0.338 e. The quantitative estimate of drug-likeness (QED) is 0.593. The molecule has 162 valence electrons. The molecular weight excluding hydrogens is 398 g/mol. The van der Waals surface area contributed by atoms with E-state index in [2.05, 4.69) is 16.0 Å². The van der Waals surface area contributed by atoms with Crippen molar-refractivity contribution < 1.29 is 23.8 Å². The van der Waals surface area contributed by atoms with Crippen LogP contribution in [-0.2, 0) is 16.1 Å². The lowest BCUT2D eigenvalue weighted by molar-refractivity contribution is -0.139. The maximum absolute atomic E-state index is 12.8. The van der Waals surface area contributed by atoms with Crippen LogP contribution in [0.3, 0.4) is 0 Å². The van der Waals surface area contributed by atoms with Crippen molar-refractivity contribution in [1.82, 2.24) is 16.0 Å². The van der Waals surface area contributed by atoms with Gasteiger partial charge in [0.25, 0.3) is 0 Å². The van der Waals surface area contributed by atoms with Crippen LogP contribution in [0.1, 0.15) is 29.7 Å². The average Bonchev–Trinajstić information content (AvgIpc) is 3.23. The van der Waals surface area contributed by atoms with Gasteiger partial charge in [-0.1, -0.05) is 35.9 Å². The van der Waals surface area contributed by atoms with Gasteiger partial charge in [0.1, 0.15) is 0 Å². The van der Waals surface area contributed by atoms with Crippen LogP contribution in [0.25, 0.3) is 0 Å². The van der Waals surface area contributed by atoms with Gasteiger partial charge in [-0.3, -0.25) is 0 Å². The minimum atomic E-state index is -0.668. The van der Waals surface area contributed by atoms with Crippen molar-refractivity contribution in [3.8, 4) is 11.5 Å². The first-order valence-corrected chi connectivity index (χ1v) is 10.2. The molecule has 0 spiro atoms. The summed E-state index contributed by atoms with van der Waals surface area (Å²) in [5, 5.41) is 8.89. The third-order valence-corrected chi connectivity index (χ3v) is 5.13. The maximum atomic E-state index is 12.8. The monoisotopic (exact) mass is 423 g/mol. The highest BCUT2D eigenvalue weighted by molar-refractivity contribution is 5.95. The lowest BCUT2D eigenvalue weighted by Crippen LogP contribution is -2.48. The summed E-state index contributed by atoms with van der Waals surface area (Å²) in [5.74, 6) is 0.725. The molecule has 8 heteroatoms. The molecule has 0 saturated heterocycles. The Labute approximate surface area is 180 Å². The number of fused-ring (bicyclic) bond motifs is 1. The molecule has 3 N–H and O–H groups in total. The molecule has 0 unspecified atom stereocenters. The van der Waals surface area contributed by atoms with Crippen molar-refractivity contribution >= 4 is 12.0 Å². The van der Waals surface area contributed by atoms with Crippen molar-refractivity contribution in [2.75, 3.05) is 19.9 Å². The SMILES string of the molecule is CCOC(=O)C1=C(CNCc2ccc(C)cc2)NC(=O)N[C@H]1c1ccc2c(c1)OCO2. The summed E-state index contributed by atoms with van der Waals surface area (Å²) in [4.78, 5) is 25.2. The normalized spacial score (nSPS) is 17.2. The third kappa shape index (κ3) is 4.64. The Hall–Kier alpha value is -3.52. The van der Waals surface area contributed by atoms with Gasteiger partial charge in [0.2, 0.25) is 6.79 Å². The summed E-state index contributed by atoms with van der Waals surface area (Å²) in [7, 11) is 0. The number of benzene rings is 2. The summed E-state index contributed by atoms with van der Waals surface area (Å²) in [5.41, 5.74) is 3.84. The minimum Gasteiger partial charge on any atom is -0.463 e. The summed E-state index contributed by atoms with van der Waals surface area (Å²) in [6, 6.07) is 12.5. The highest BCUT2D eigenvalue weighted by Gasteiger charge is 2.34. The molecule has 0 bridgehead atoms. The van der Waals surface area contributed by atoms with Crippen LogP contribution >= 0.6 is 0 Å². The van der Waals surface area contributed by atoms with Crippen LogP contribution in [0.4, 0.5) is 4.79 Å². The largest absolute Gasteiger partial charge is 0.463 e. The number of urea groups is 1. The van der Waals surface area contributed by atoms with E-state index in [0.29, 0.717) is 41.4 Å². The average molecular weight is 423 g/mol. The molecule has 0 saturated carbocycles. The molecule has 0 radical (unpaired) electrons. The molecule has 2 amide bonds. The van der Waals surface area contributed by atoms with Crippen LogP contribution in [0.5, 0.6) is 11.5 Å². The van der Waals surface area contributed by atoms with E-state index < -0.39 is 12.0 Å². The van der Waals surface area contributed by atoms with Crippen molar-refractivity contribution in [1.29, 1.82) is 0 Å². The first kappa shape index (κ1) is 20.7. The zero-order valence-corrected chi connectivity index (χ0v) is 17.5. The number of aryl methyl sites for hydroxylation is 1. The fourth-order valence-electron chi connectivity index (χ4n) is 3.59. The summed E-state index contributed by atoms with van der Waals surface area (Å²) >= 11 is 0. The molecule has 2 aromatic carbocycles. The highest BCUT2D eigenvalue weighted by atomic mass is 16.7. The predicted octanol–water partition coefficient (Wildman–Crippen LogP) is 2.68. The number of nitrogens with one attached hydrogen (secondary N) is 3. The Morgan fingerprint density at radius 2 is 1.90 bits per heavy atom. The van der Waals surface area contributed by atoms with E-state index >= 15 is 0 Å². The van der Waals surface area contributed by atoms with E-state index in [9.17, 15) is 9.59 Å². The fraction of sp³-hybridized carbons (Fsp3) is 0.304. The Balaban J connectivity index is 1.61. The van der Waals surface area contributed by atoms with Gasteiger partial charge in [0.05, 0.1) is 18.2 Å². The van der Waals surface area contributed by atoms with Crippen molar-refractivity contribution in [2.45, 2.75) is 26.4 Å². The number of hydrogen-bond donors (Lipinski definition) is 3. The Kier molecular flexibility index (Phi) is 6.08. The molecule has 31 heavy (non-hydrogen) atoms. The van der Waals surface area contributed by atoms with Crippen molar-refractivity contribution in [2.24, 2.45) is 0 Å². The first-order chi connectivity index (χ1) is 15.0. The van der Waals surface area contributed by atoms with Crippen LogP contribution in [0, 0.1) is 6.92 Å². The molecule has 4 rings (SSSR count). The van der Waals surface area contributed by atoms with Crippen LogP contribution in [-0.4, -0.2) is 31.9 Å². The first-order valence-electron chi connectivity index (χ1n) is 10.2. The van der Waals surface area contributed by atoms with Crippen molar-refractivity contribution in [3.05, 3.63) is 70.4 Å². The van der Waals surface area contributed by atoms with E-state index in [1.807, 2.05) is 31.2 Å². The molecule has 1 atom stereocenters. The number of carbonyl (C=O) groups is 2. The van der Waals surface area contributed by atoms with Crippen LogP contribution in [0.2, 0.25) is 0 Å². The summed E-state index contributed by atoms with van der Waals surface area (Å²) in [6.07, 6.45) is 0. The van der Waals surface area contributed by atoms with Gasteiger partial charge in [-0.2, -0.15) is 0 Å². The van der Waals surface area contributed by atoms with E-state index in [0.717, 1.165) is 5.56 Å². The highest BCUT2D eigenvalue weighted by Crippen LogP contribution is 2.37. The molecule has 2 aliphatic heterocycles. The van der Waals surface area contributed by atoms with Crippen LogP contribution < -0.4 is 25.4 Å². The summed E-state index contributed by atoms with van der Waals surface area (Å²) < 4.78 is 16.1. The van der Waals surface area contributed by atoms with Gasteiger partial charge in [-0.15, -0.1) is 0 Å². The number of esters is 1. The Morgan fingerprint density at radius 1 is 1.13 bits per heavy atom. The molecule has 0 aromatic heterocycles. The fourth-order valence-corrected chi connectivity index (χ4v) is 3.59. The van der Waals surface area contributed by atoms with Gasteiger partial charge in [-0.05, 0) is 37.1 Å². The molecule has 8 nitrogen and oxygen atoms in total. The lowest BCUT2D eigenvalue weighted by Gasteiger charge is -2.29. The number of ether oxygens (including phenoxy) is 3. The zero-order chi connectivity index (χ0) is 21.8. The van der Waals surface area contributed by atoms with Gasteiger partial charge in [-0.25, -0.2) is 9.59 Å². The van der Waals surface area contributed by atoms with Gasteiger partial charge < -0.3 is 30.2 Å². The van der Waals surface area contributed by atoms with Crippen molar-refractivity contribution in [3.63, 3.8) is 0 Å². The van der Waals surface area contributed by atoms with E-state index in [1.165, 1.54) is 5.56 Å². The molecular formula is C23H25N3O5. The van der Waals surface area contributed by atoms with Gasteiger partial charge >= 0.3 is 12.0 Å². The van der Waals surface area contributed by atoms with Crippen LogP contribution in [0.15, 0.2) is 53.7 Å². The molecule has 2 heterocycles. The summed E-state index contributed by atoms with van der Waals surface area (Å²) in [6.45, 7) is 5.06. The number of hydrogen-bond acceptors (Lipinski definition) is 6. The number of rotatable bonds is 7. The second-order valence-corrected chi connectivity index (χ2v) is 7.35. The lowest BCUT2D eigenvalue weighted by atomic mass is 9.94. The molecule has 2 aliphatic rings. The molecule has 2 aromatic rings. The second-order valence-electron chi connectivity index (χ2n) is 7.35. The molecule has 0 fully saturated rings. The molecule has 0 aliphatic carbocycles. The topological polar surface area (TPSA) is 97.9 Å². The predicted molar refractivity (Wildman–Crippen MR) is 114 cm³/mol. The number of carbonyl (C=O) groups excluding carboxylic acids is 2. The second kappa shape index (κ2) is 9.09.